The van der Waals surface area contributed by atoms with E-state index in [9.17, 15) is 4.79 Å². The Kier molecular flexibility index (Phi) is 7.29. The number of nitrogens with one attached hydrogen (secondary N) is 1. The summed E-state index contributed by atoms with van der Waals surface area (Å²) in [5, 5.41) is 2.51. The minimum atomic E-state index is -0.418. The van der Waals surface area contributed by atoms with Crippen molar-refractivity contribution in [1.29, 1.82) is 0 Å². The van der Waals surface area contributed by atoms with Crippen molar-refractivity contribution in [2.24, 2.45) is 0 Å². The first kappa shape index (κ1) is 14.2. The van der Waals surface area contributed by atoms with Gasteiger partial charge in [-0.15, -0.1) is 6.42 Å². The van der Waals surface area contributed by atoms with Crippen LogP contribution in [0.5, 0.6) is 0 Å². The monoisotopic (exact) mass is 247 g/mol. The van der Waals surface area contributed by atoms with Crippen molar-refractivity contribution in [2.45, 2.75) is 6.61 Å². The number of hydrogen-bond donors (Lipinski definition) is 1. The molecule has 4 heteroatoms. The van der Waals surface area contributed by atoms with Crippen molar-refractivity contribution in [3.05, 3.63) is 35.9 Å². The first-order valence-corrected chi connectivity index (χ1v) is 5.77. The van der Waals surface area contributed by atoms with Crippen molar-refractivity contribution in [3.63, 3.8) is 0 Å². The van der Waals surface area contributed by atoms with Gasteiger partial charge in [-0.1, -0.05) is 30.3 Å². The summed E-state index contributed by atoms with van der Waals surface area (Å²) in [4.78, 5) is 10.7. The SMILES string of the molecule is C#CC(=O)NCCOCCOCc1ccccc1. The second-order valence-electron chi connectivity index (χ2n) is 3.55. The van der Waals surface area contributed by atoms with Gasteiger partial charge in [0.2, 0.25) is 0 Å². The third kappa shape index (κ3) is 6.69. The molecule has 4 nitrogen and oxygen atoms in total. The lowest BCUT2D eigenvalue weighted by Gasteiger charge is -2.06. The van der Waals surface area contributed by atoms with Gasteiger partial charge in [-0.05, 0) is 11.5 Å². The molecule has 1 aromatic carbocycles. The number of terminal acetylenes is 1. The Morgan fingerprint density at radius 3 is 2.61 bits per heavy atom. The second kappa shape index (κ2) is 9.23. The number of hydrogen-bond acceptors (Lipinski definition) is 3. The molecule has 1 N–H and O–H groups in total. The molecule has 0 aromatic heterocycles. The van der Waals surface area contributed by atoms with Crippen LogP contribution in [0.25, 0.3) is 0 Å². The van der Waals surface area contributed by atoms with Gasteiger partial charge in [0.1, 0.15) is 0 Å². The molecular formula is C14H17NO3. The Balaban J connectivity index is 1.91. The summed E-state index contributed by atoms with van der Waals surface area (Å²) < 4.78 is 10.7. The van der Waals surface area contributed by atoms with Gasteiger partial charge in [0, 0.05) is 6.54 Å². The quantitative estimate of drug-likeness (QED) is 0.550. The van der Waals surface area contributed by atoms with E-state index in [1.807, 2.05) is 36.3 Å². The van der Waals surface area contributed by atoms with Crippen LogP contribution in [0.15, 0.2) is 30.3 Å². The Bertz CT molecular complexity index is 384. The van der Waals surface area contributed by atoms with Crippen LogP contribution in [0, 0.1) is 12.3 Å². The molecule has 0 bridgehead atoms. The molecule has 0 saturated carbocycles. The number of amides is 1. The number of rotatable bonds is 8. The maximum atomic E-state index is 10.7. The minimum absolute atomic E-state index is 0.418. The summed E-state index contributed by atoms with van der Waals surface area (Å²) in [6.07, 6.45) is 4.88. The van der Waals surface area contributed by atoms with Gasteiger partial charge in [-0.3, -0.25) is 4.79 Å². The maximum Gasteiger partial charge on any atom is 0.295 e. The zero-order chi connectivity index (χ0) is 13.1. The molecular weight excluding hydrogens is 230 g/mol. The standard InChI is InChI=1S/C14H17NO3/c1-2-14(16)15-8-9-17-10-11-18-12-13-6-4-3-5-7-13/h1,3-7H,8-12H2,(H,15,16). The summed E-state index contributed by atoms with van der Waals surface area (Å²) >= 11 is 0. The van der Waals surface area contributed by atoms with E-state index < -0.39 is 5.91 Å². The van der Waals surface area contributed by atoms with Crippen LogP contribution in [0.4, 0.5) is 0 Å². The molecule has 0 unspecified atom stereocenters. The zero-order valence-corrected chi connectivity index (χ0v) is 10.2. The number of carbonyl (C=O) groups is 1. The zero-order valence-electron chi connectivity index (χ0n) is 10.2. The molecule has 1 rings (SSSR count). The highest BCUT2D eigenvalue weighted by molar-refractivity contribution is 5.92. The molecule has 0 heterocycles. The Hall–Kier alpha value is -1.83. The van der Waals surface area contributed by atoms with Crippen LogP contribution in [0.3, 0.4) is 0 Å². The molecule has 0 atom stereocenters. The van der Waals surface area contributed by atoms with Crippen LogP contribution < -0.4 is 5.32 Å². The third-order valence-corrected chi connectivity index (χ3v) is 2.15. The fourth-order valence-electron chi connectivity index (χ4n) is 1.27. The molecule has 0 spiro atoms. The topological polar surface area (TPSA) is 47.6 Å². The van der Waals surface area contributed by atoms with E-state index in [4.69, 9.17) is 15.9 Å². The Morgan fingerprint density at radius 2 is 1.89 bits per heavy atom. The largest absolute Gasteiger partial charge is 0.377 e. The lowest BCUT2D eigenvalue weighted by atomic mass is 10.2. The van der Waals surface area contributed by atoms with Gasteiger partial charge >= 0.3 is 0 Å². The average molecular weight is 247 g/mol. The van der Waals surface area contributed by atoms with Gasteiger partial charge in [0.15, 0.2) is 0 Å². The minimum Gasteiger partial charge on any atom is -0.377 e. The van der Waals surface area contributed by atoms with Crippen molar-refractivity contribution in [1.82, 2.24) is 5.32 Å². The van der Waals surface area contributed by atoms with E-state index in [1.54, 1.807) is 0 Å². The highest BCUT2D eigenvalue weighted by Crippen LogP contribution is 1.99. The molecule has 0 aliphatic carbocycles. The van der Waals surface area contributed by atoms with Gasteiger partial charge in [0.05, 0.1) is 26.4 Å². The van der Waals surface area contributed by atoms with E-state index >= 15 is 0 Å². The number of ether oxygens (including phenoxy) is 2. The van der Waals surface area contributed by atoms with E-state index in [-0.39, 0.29) is 0 Å². The molecule has 1 aromatic rings. The highest BCUT2D eigenvalue weighted by atomic mass is 16.5. The first-order valence-electron chi connectivity index (χ1n) is 5.77. The molecule has 18 heavy (non-hydrogen) atoms. The molecule has 0 aliphatic heterocycles. The van der Waals surface area contributed by atoms with Crippen LogP contribution in [0.2, 0.25) is 0 Å². The predicted octanol–water partition coefficient (Wildman–Crippen LogP) is 0.969. The van der Waals surface area contributed by atoms with Crippen molar-refractivity contribution in [2.75, 3.05) is 26.4 Å². The first-order chi connectivity index (χ1) is 8.83. The highest BCUT2D eigenvalue weighted by Gasteiger charge is 1.94. The molecule has 1 amide bonds. The van der Waals surface area contributed by atoms with Gasteiger partial charge in [-0.2, -0.15) is 0 Å². The second-order valence-corrected chi connectivity index (χ2v) is 3.55. The lowest BCUT2D eigenvalue weighted by molar-refractivity contribution is -0.115. The van der Waals surface area contributed by atoms with Crippen molar-refractivity contribution in [3.8, 4) is 12.3 Å². The van der Waals surface area contributed by atoms with Crippen LogP contribution in [-0.4, -0.2) is 32.3 Å². The Labute approximate surface area is 107 Å². The molecule has 96 valence electrons. The maximum absolute atomic E-state index is 10.7. The fraction of sp³-hybridized carbons (Fsp3) is 0.357. The molecule has 0 fully saturated rings. The summed E-state index contributed by atoms with van der Waals surface area (Å²) in [5.74, 6) is 1.55. The van der Waals surface area contributed by atoms with E-state index in [1.165, 1.54) is 0 Å². The number of carbonyl (C=O) groups excluding carboxylic acids is 1. The summed E-state index contributed by atoms with van der Waals surface area (Å²) in [7, 11) is 0. The normalized spacial score (nSPS) is 9.72. The van der Waals surface area contributed by atoms with Gasteiger partial charge in [-0.25, -0.2) is 0 Å². The van der Waals surface area contributed by atoms with Gasteiger partial charge in [0.25, 0.3) is 5.91 Å². The lowest BCUT2D eigenvalue weighted by Crippen LogP contribution is -2.26. The van der Waals surface area contributed by atoms with Gasteiger partial charge < -0.3 is 14.8 Å². The fourth-order valence-corrected chi connectivity index (χ4v) is 1.27. The van der Waals surface area contributed by atoms with Crippen LogP contribution in [0.1, 0.15) is 5.56 Å². The van der Waals surface area contributed by atoms with E-state index in [0.717, 1.165) is 5.56 Å². The summed E-state index contributed by atoms with van der Waals surface area (Å²) in [6.45, 7) is 2.46. The van der Waals surface area contributed by atoms with E-state index in [2.05, 4.69) is 5.32 Å². The Morgan fingerprint density at radius 1 is 1.17 bits per heavy atom. The molecule has 0 radical (unpaired) electrons. The van der Waals surface area contributed by atoms with Crippen molar-refractivity contribution >= 4 is 5.91 Å². The smallest absolute Gasteiger partial charge is 0.295 e. The van der Waals surface area contributed by atoms with E-state index in [0.29, 0.717) is 33.0 Å². The van der Waals surface area contributed by atoms with Crippen molar-refractivity contribution < 1.29 is 14.3 Å². The molecule has 0 aliphatic rings. The van der Waals surface area contributed by atoms with Crippen LogP contribution >= 0.6 is 0 Å². The summed E-state index contributed by atoms with van der Waals surface area (Å²) in [6, 6.07) is 9.94. The third-order valence-electron chi connectivity index (χ3n) is 2.15. The molecule has 0 saturated heterocycles. The average Bonchev–Trinajstić information content (AvgIpc) is 2.42. The summed E-state index contributed by atoms with van der Waals surface area (Å²) in [5.41, 5.74) is 1.14. The predicted molar refractivity (Wildman–Crippen MR) is 68.8 cm³/mol. The van der Waals surface area contributed by atoms with Crippen LogP contribution in [-0.2, 0) is 20.9 Å². The number of benzene rings is 1.